The van der Waals surface area contributed by atoms with E-state index in [2.05, 4.69) is 15.4 Å². The van der Waals surface area contributed by atoms with Crippen LogP contribution in [0.25, 0.3) is 10.9 Å². The van der Waals surface area contributed by atoms with Gasteiger partial charge >= 0.3 is 6.09 Å². The average molecular weight is 485 g/mol. The van der Waals surface area contributed by atoms with Crippen LogP contribution in [-0.4, -0.2) is 52.0 Å². The lowest BCUT2D eigenvalue weighted by Crippen LogP contribution is -2.34. The molecule has 1 unspecified atom stereocenters. The van der Waals surface area contributed by atoms with Gasteiger partial charge in [-0.15, -0.1) is 5.10 Å². The molecule has 1 atom stereocenters. The number of fused-ring (bicyclic) bond motifs is 1. The highest BCUT2D eigenvalue weighted by atomic mass is 19.1. The van der Waals surface area contributed by atoms with Crippen LogP contribution in [0.4, 0.5) is 9.18 Å². The van der Waals surface area contributed by atoms with Crippen LogP contribution >= 0.6 is 0 Å². The van der Waals surface area contributed by atoms with Crippen molar-refractivity contribution >= 4 is 22.8 Å². The van der Waals surface area contributed by atoms with E-state index in [0.717, 1.165) is 19.3 Å². The van der Waals surface area contributed by atoms with Gasteiger partial charge in [0.05, 0.1) is 17.4 Å². The first kappa shape index (κ1) is 24.6. The van der Waals surface area contributed by atoms with E-state index in [1.165, 1.54) is 12.3 Å². The van der Waals surface area contributed by atoms with E-state index < -0.39 is 17.6 Å². The molecule has 3 heterocycles. The molecule has 0 aliphatic carbocycles. The fourth-order valence-electron chi connectivity index (χ4n) is 3.77. The van der Waals surface area contributed by atoms with Gasteiger partial charge in [-0.1, -0.05) is 0 Å². The third kappa shape index (κ3) is 6.13. The van der Waals surface area contributed by atoms with E-state index >= 15 is 0 Å². The van der Waals surface area contributed by atoms with Crippen LogP contribution in [-0.2, 0) is 9.47 Å². The second-order valence-electron chi connectivity index (χ2n) is 9.28. The van der Waals surface area contributed by atoms with Gasteiger partial charge in [0.1, 0.15) is 12.2 Å². The molecule has 1 amide bonds. The first-order valence-corrected chi connectivity index (χ1v) is 11.6. The molecule has 1 fully saturated rings. The number of halogens is 1. The van der Waals surface area contributed by atoms with Crippen LogP contribution in [0, 0.1) is 5.95 Å². The normalized spacial score (nSPS) is 16.2. The van der Waals surface area contributed by atoms with Gasteiger partial charge in [-0.2, -0.15) is 4.39 Å². The van der Waals surface area contributed by atoms with Crippen molar-refractivity contribution in [2.24, 2.45) is 0 Å². The van der Waals surface area contributed by atoms with Gasteiger partial charge < -0.3 is 19.5 Å². The van der Waals surface area contributed by atoms with Gasteiger partial charge in [0.2, 0.25) is 11.8 Å². The summed E-state index contributed by atoms with van der Waals surface area (Å²) in [7, 11) is 0. The van der Waals surface area contributed by atoms with Gasteiger partial charge in [-0.3, -0.25) is 4.79 Å². The number of aromatic nitrogens is 3. The van der Waals surface area contributed by atoms with Crippen molar-refractivity contribution in [1.82, 2.24) is 20.1 Å². The van der Waals surface area contributed by atoms with Gasteiger partial charge in [-0.05, 0) is 64.3 Å². The molecule has 3 aromatic rings. The van der Waals surface area contributed by atoms with Crippen molar-refractivity contribution in [2.75, 3.05) is 19.8 Å². The first-order valence-electron chi connectivity index (χ1n) is 11.6. The van der Waals surface area contributed by atoms with E-state index in [0.29, 0.717) is 29.1 Å². The van der Waals surface area contributed by atoms with Crippen LogP contribution in [0.1, 0.15) is 62.2 Å². The summed E-state index contributed by atoms with van der Waals surface area (Å²) in [6.07, 6.45) is 3.33. The molecule has 10 heteroatoms. The molecule has 1 aliphatic rings. The van der Waals surface area contributed by atoms with E-state index in [1.807, 2.05) is 0 Å². The summed E-state index contributed by atoms with van der Waals surface area (Å²) < 4.78 is 32.5. The molecule has 1 saturated heterocycles. The number of hydrogen-bond acceptors (Lipinski definition) is 7. The predicted octanol–water partition coefficient (Wildman–Crippen LogP) is 4.40. The zero-order valence-corrected chi connectivity index (χ0v) is 20.0. The van der Waals surface area contributed by atoms with Crippen molar-refractivity contribution in [3.63, 3.8) is 0 Å². The Morgan fingerprint density at radius 2 is 2.00 bits per heavy atom. The van der Waals surface area contributed by atoms with E-state index in [1.54, 1.807) is 49.7 Å². The Morgan fingerprint density at radius 1 is 1.20 bits per heavy atom. The standard InChI is InChI=1S/C25H29FN4O5/c1-25(2,3)35-24(32)27-11-13-33-20-10-8-17(15-28-20)22(31)16-7-9-19-18(14-16)23(26)29-30(19)21-6-4-5-12-34-21/h7-10,14-15,21H,4-6,11-13H2,1-3H3,(H,27,32). The monoisotopic (exact) mass is 484 g/mol. The number of nitrogens with zero attached hydrogens (tertiary/aromatic N) is 3. The molecular formula is C25H29FN4O5. The molecular weight excluding hydrogens is 455 g/mol. The number of amides is 1. The maximum absolute atomic E-state index is 14.6. The molecule has 186 valence electrons. The van der Waals surface area contributed by atoms with Gasteiger partial charge in [0, 0.05) is 30.0 Å². The van der Waals surface area contributed by atoms with E-state index in [9.17, 15) is 14.0 Å². The molecule has 4 rings (SSSR count). The number of nitrogens with one attached hydrogen (secondary N) is 1. The fraction of sp³-hybridized carbons (Fsp3) is 0.440. The number of carbonyl (C=O) groups excluding carboxylic acids is 2. The molecule has 35 heavy (non-hydrogen) atoms. The molecule has 1 N–H and O–H groups in total. The molecule has 1 aliphatic heterocycles. The Kier molecular flexibility index (Phi) is 7.30. The van der Waals surface area contributed by atoms with E-state index in [-0.39, 0.29) is 30.5 Å². The number of alkyl carbamates (subject to hydrolysis) is 1. The zero-order valence-electron chi connectivity index (χ0n) is 20.0. The van der Waals surface area contributed by atoms with Crippen LogP contribution in [0.5, 0.6) is 5.88 Å². The summed E-state index contributed by atoms with van der Waals surface area (Å²) in [6.45, 7) is 6.39. The topological polar surface area (TPSA) is 105 Å². The highest BCUT2D eigenvalue weighted by molar-refractivity contribution is 6.10. The van der Waals surface area contributed by atoms with Crippen LogP contribution in [0.2, 0.25) is 0 Å². The first-order chi connectivity index (χ1) is 16.7. The summed E-state index contributed by atoms with van der Waals surface area (Å²) in [5.41, 5.74) is 0.687. The molecule has 0 radical (unpaired) electrons. The SMILES string of the molecule is CC(C)(C)OC(=O)NCCOc1ccc(C(=O)c2ccc3c(c2)c(F)nn3C2CCCCO2)cn1. The lowest BCUT2D eigenvalue weighted by molar-refractivity contribution is -0.0375. The summed E-state index contributed by atoms with van der Waals surface area (Å²) in [6, 6.07) is 8.01. The fourth-order valence-corrected chi connectivity index (χ4v) is 3.77. The Bertz CT molecular complexity index is 1200. The van der Waals surface area contributed by atoms with E-state index in [4.69, 9.17) is 14.2 Å². The maximum atomic E-state index is 14.6. The number of rotatable bonds is 7. The molecule has 2 aromatic heterocycles. The highest BCUT2D eigenvalue weighted by Crippen LogP contribution is 2.28. The number of pyridine rings is 1. The quantitative estimate of drug-likeness (QED) is 0.391. The molecule has 0 spiro atoms. The molecule has 9 nitrogen and oxygen atoms in total. The van der Waals surface area contributed by atoms with Gasteiger partial charge in [-0.25, -0.2) is 14.5 Å². The number of carbonyl (C=O) groups is 2. The minimum absolute atomic E-state index is 0.185. The largest absolute Gasteiger partial charge is 0.476 e. The summed E-state index contributed by atoms with van der Waals surface area (Å²) in [4.78, 5) is 28.7. The second kappa shape index (κ2) is 10.4. The third-order valence-corrected chi connectivity index (χ3v) is 5.37. The van der Waals surface area contributed by atoms with Gasteiger partial charge in [0.15, 0.2) is 12.0 Å². The maximum Gasteiger partial charge on any atom is 0.407 e. The van der Waals surface area contributed by atoms with Crippen LogP contribution in [0.3, 0.4) is 0 Å². The van der Waals surface area contributed by atoms with Crippen molar-refractivity contribution in [3.8, 4) is 5.88 Å². The zero-order chi connectivity index (χ0) is 25.0. The Hall–Kier alpha value is -3.53. The lowest BCUT2D eigenvalue weighted by Gasteiger charge is -2.23. The number of hydrogen-bond donors (Lipinski definition) is 1. The van der Waals surface area contributed by atoms with Crippen molar-refractivity contribution in [2.45, 2.75) is 51.9 Å². The van der Waals surface area contributed by atoms with Crippen LogP contribution in [0.15, 0.2) is 36.5 Å². The Balaban J connectivity index is 1.37. The molecule has 1 aromatic carbocycles. The summed E-state index contributed by atoms with van der Waals surface area (Å²) in [5.74, 6) is -0.618. The Labute approximate surface area is 202 Å². The average Bonchev–Trinajstić information content (AvgIpc) is 3.17. The minimum atomic E-state index is -0.634. The number of ketones is 1. The third-order valence-electron chi connectivity index (χ3n) is 5.37. The highest BCUT2D eigenvalue weighted by Gasteiger charge is 2.22. The number of benzene rings is 1. The summed E-state index contributed by atoms with van der Waals surface area (Å²) in [5, 5.41) is 6.88. The lowest BCUT2D eigenvalue weighted by atomic mass is 10.0. The van der Waals surface area contributed by atoms with Gasteiger partial charge in [0.25, 0.3) is 0 Å². The smallest absolute Gasteiger partial charge is 0.407 e. The second-order valence-corrected chi connectivity index (χ2v) is 9.28. The Morgan fingerprint density at radius 3 is 2.69 bits per heavy atom. The minimum Gasteiger partial charge on any atom is -0.476 e. The van der Waals surface area contributed by atoms with Crippen molar-refractivity contribution in [3.05, 3.63) is 53.6 Å². The van der Waals surface area contributed by atoms with Crippen LogP contribution < -0.4 is 10.1 Å². The van der Waals surface area contributed by atoms with Crippen molar-refractivity contribution < 1.29 is 28.2 Å². The summed E-state index contributed by atoms with van der Waals surface area (Å²) >= 11 is 0. The van der Waals surface area contributed by atoms with Crippen molar-refractivity contribution in [1.29, 1.82) is 0 Å². The molecule has 0 saturated carbocycles. The predicted molar refractivity (Wildman–Crippen MR) is 126 cm³/mol. The number of ether oxygens (including phenoxy) is 3. The molecule has 0 bridgehead atoms.